The average molecular weight is 412 g/mol. The van der Waals surface area contributed by atoms with Gasteiger partial charge in [-0.25, -0.2) is 9.18 Å². The first-order valence-corrected chi connectivity index (χ1v) is 9.95. The number of carbonyl (C=O) groups is 1. The Morgan fingerprint density at radius 2 is 2.00 bits per heavy atom. The first-order valence-electron chi connectivity index (χ1n) is 9.95. The number of aliphatic hydroxyl groups excluding tert-OH is 1. The highest BCUT2D eigenvalue weighted by Gasteiger charge is 2.18. The molecular weight excluding hydrogens is 387 g/mol. The zero-order valence-corrected chi connectivity index (χ0v) is 17.0. The highest BCUT2D eigenvalue weighted by Crippen LogP contribution is 2.34. The van der Waals surface area contributed by atoms with Gasteiger partial charge in [0.15, 0.2) is 0 Å². The van der Waals surface area contributed by atoms with E-state index in [-0.39, 0.29) is 17.9 Å². The monoisotopic (exact) mass is 412 g/mol. The molecule has 0 aliphatic heterocycles. The lowest BCUT2D eigenvalue weighted by Crippen LogP contribution is -2.16. The predicted molar refractivity (Wildman–Crippen MR) is 112 cm³/mol. The Hall–Kier alpha value is -3.19. The third-order valence-corrected chi connectivity index (χ3v) is 4.72. The van der Waals surface area contributed by atoms with Crippen molar-refractivity contribution in [1.29, 1.82) is 0 Å². The van der Waals surface area contributed by atoms with Crippen molar-refractivity contribution in [1.82, 2.24) is 9.78 Å². The van der Waals surface area contributed by atoms with Gasteiger partial charge in [-0.1, -0.05) is 26.0 Å². The van der Waals surface area contributed by atoms with Crippen LogP contribution in [0.1, 0.15) is 37.0 Å². The zero-order valence-electron chi connectivity index (χ0n) is 17.0. The molecule has 158 valence electrons. The van der Waals surface area contributed by atoms with Crippen LogP contribution in [-0.2, 0) is 6.54 Å². The van der Waals surface area contributed by atoms with Crippen LogP contribution in [-0.4, -0.2) is 38.7 Å². The fourth-order valence-electron chi connectivity index (χ4n) is 3.10. The molecule has 6 nitrogen and oxygen atoms in total. The van der Waals surface area contributed by atoms with Crippen LogP contribution in [0.5, 0.6) is 5.75 Å². The van der Waals surface area contributed by atoms with E-state index < -0.39 is 12.1 Å². The summed E-state index contributed by atoms with van der Waals surface area (Å²) in [6, 6.07) is 12.5. The molecule has 1 heterocycles. The standard InChI is InChI=1S/C23H25FN2O4/c1-3-10-30-22-9-8-16(23(28)29)12-19(22)20-13-21(15-6-5-7-17(24)11-15)26(25-20)14-18(27)4-2/h5-9,11-13,18,27H,3-4,10,14H2,1-2H3,(H,28,29)/t18-/m0/s1. The Balaban J connectivity index is 2.15. The third-order valence-electron chi connectivity index (χ3n) is 4.72. The topological polar surface area (TPSA) is 84.6 Å². The van der Waals surface area contributed by atoms with Crippen molar-refractivity contribution >= 4 is 5.97 Å². The van der Waals surface area contributed by atoms with E-state index in [2.05, 4.69) is 5.10 Å². The van der Waals surface area contributed by atoms with E-state index in [4.69, 9.17) is 4.74 Å². The van der Waals surface area contributed by atoms with Gasteiger partial charge < -0.3 is 14.9 Å². The lowest BCUT2D eigenvalue weighted by molar-refractivity contribution is 0.0697. The first kappa shape index (κ1) is 21.5. The highest BCUT2D eigenvalue weighted by molar-refractivity contribution is 5.90. The van der Waals surface area contributed by atoms with E-state index in [0.29, 0.717) is 41.3 Å². The number of carboxylic acid groups (broad SMARTS) is 1. The Kier molecular flexibility index (Phi) is 6.84. The maximum Gasteiger partial charge on any atom is 0.335 e. The van der Waals surface area contributed by atoms with Crippen LogP contribution in [0.4, 0.5) is 4.39 Å². The number of aromatic nitrogens is 2. The van der Waals surface area contributed by atoms with Gasteiger partial charge >= 0.3 is 5.97 Å². The molecule has 2 aromatic carbocycles. The number of ether oxygens (including phenoxy) is 1. The van der Waals surface area contributed by atoms with E-state index in [1.165, 1.54) is 24.3 Å². The van der Waals surface area contributed by atoms with Gasteiger partial charge in [-0.2, -0.15) is 5.10 Å². The predicted octanol–water partition coefficient (Wildman–Crippen LogP) is 4.61. The summed E-state index contributed by atoms with van der Waals surface area (Å²) < 4.78 is 21.2. The van der Waals surface area contributed by atoms with Gasteiger partial charge in [0.25, 0.3) is 0 Å². The molecule has 3 aromatic rings. The largest absolute Gasteiger partial charge is 0.493 e. The number of hydrogen-bond donors (Lipinski definition) is 2. The van der Waals surface area contributed by atoms with Crippen molar-refractivity contribution in [3.05, 3.63) is 59.9 Å². The van der Waals surface area contributed by atoms with Crippen LogP contribution in [0.3, 0.4) is 0 Å². The molecule has 0 spiro atoms. The van der Waals surface area contributed by atoms with Crippen molar-refractivity contribution in [3.63, 3.8) is 0 Å². The SMILES string of the molecule is CCCOc1ccc(C(=O)O)cc1-c1cc(-c2cccc(F)c2)n(C[C@@H](O)CC)n1. The summed E-state index contributed by atoms with van der Waals surface area (Å²) >= 11 is 0. The van der Waals surface area contributed by atoms with Gasteiger partial charge in [0, 0.05) is 11.1 Å². The second-order valence-electron chi connectivity index (χ2n) is 7.03. The van der Waals surface area contributed by atoms with Crippen molar-refractivity contribution in [3.8, 4) is 28.3 Å². The second kappa shape index (κ2) is 9.54. The number of nitrogens with zero attached hydrogens (tertiary/aromatic N) is 2. The third kappa shape index (κ3) is 4.86. The Bertz CT molecular complexity index is 1030. The van der Waals surface area contributed by atoms with E-state index in [9.17, 15) is 19.4 Å². The maximum atomic E-state index is 13.8. The minimum atomic E-state index is -1.05. The molecular formula is C23H25FN2O4. The van der Waals surface area contributed by atoms with Crippen molar-refractivity contribution in [2.24, 2.45) is 0 Å². The second-order valence-corrected chi connectivity index (χ2v) is 7.03. The average Bonchev–Trinajstić information content (AvgIpc) is 3.15. The van der Waals surface area contributed by atoms with E-state index in [1.54, 1.807) is 28.9 Å². The summed E-state index contributed by atoms with van der Waals surface area (Å²) in [6.45, 7) is 4.55. The van der Waals surface area contributed by atoms with E-state index in [1.807, 2.05) is 13.8 Å². The molecule has 2 N–H and O–H groups in total. The van der Waals surface area contributed by atoms with Crippen molar-refractivity contribution in [2.45, 2.75) is 39.3 Å². The molecule has 0 bridgehead atoms. The normalized spacial score (nSPS) is 12.0. The molecule has 0 saturated carbocycles. The molecule has 0 saturated heterocycles. The molecule has 0 aliphatic carbocycles. The van der Waals surface area contributed by atoms with Gasteiger partial charge in [0.05, 0.1) is 36.2 Å². The number of benzene rings is 2. The molecule has 0 fully saturated rings. The van der Waals surface area contributed by atoms with E-state index >= 15 is 0 Å². The molecule has 30 heavy (non-hydrogen) atoms. The summed E-state index contributed by atoms with van der Waals surface area (Å²) in [5, 5.41) is 24.2. The number of carboxylic acids is 1. The number of hydrogen-bond acceptors (Lipinski definition) is 4. The summed E-state index contributed by atoms with van der Waals surface area (Å²) in [5.41, 5.74) is 2.38. The molecule has 1 atom stereocenters. The molecule has 3 rings (SSSR count). The van der Waals surface area contributed by atoms with Gasteiger partial charge in [0.1, 0.15) is 11.6 Å². The lowest BCUT2D eigenvalue weighted by Gasteiger charge is -2.12. The molecule has 0 unspecified atom stereocenters. The van der Waals surface area contributed by atoms with Crippen molar-refractivity contribution < 1.29 is 24.1 Å². The minimum Gasteiger partial charge on any atom is -0.493 e. The number of aliphatic hydroxyl groups is 1. The Morgan fingerprint density at radius 1 is 1.20 bits per heavy atom. The van der Waals surface area contributed by atoms with Gasteiger partial charge in [-0.3, -0.25) is 4.68 Å². The fraction of sp³-hybridized carbons (Fsp3) is 0.304. The summed E-state index contributed by atoms with van der Waals surface area (Å²) in [7, 11) is 0. The lowest BCUT2D eigenvalue weighted by atomic mass is 10.0. The van der Waals surface area contributed by atoms with E-state index in [0.717, 1.165) is 6.42 Å². The summed E-state index contributed by atoms with van der Waals surface area (Å²) in [4.78, 5) is 11.5. The molecule has 0 amide bonds. The molecule has 1 aromatic heterocycles. The Labute approximate surface area is 174 Å². The zero-order chi connectivity index (χ0) is 21.7. The molecule has 0 radical (unpaired) electrons. The smallest absolute Gasteiger partial charge is 0.335 e. The number of aromatic carboxylic acids is 1. The minimum absolute atomic E-state index is 0.115. The maximum absolute atomic E-state index is 13.8. The number of halogens is 1. The summed E-state index contributed by atoms with van der Waals surface area (Å²) in [6.07, 6.45) is 0.717. The quantitative estimate of drug-likeness (QED) is 0.536. The van der Waals surface area contributed by atoms with Crippen LogP contribution >= 0.6 is 0 Å². The molecule has 7 heteroatoms. The Morgan fingerprint density at radius 3 is 2.67 bits per heavy atom. The van der Waals surface area contributed by atoms with Crippen LogP contribution in [0.25, 0.3) is 22.5 Å². The summed E-state index contributed by atoms with van der Waals surface area (Å²) in [5.74, 6) is -0.907. The van der Waals surface area contributed by atoms with Crippen LogP contribution < -0.4 is 4.74 Å². The van der Waals surface area contributed by atoms with Gasteiger partial charge in [-0.05, 0) is 49.2 Å². The number of rotatable bonds is 9. The van der Waals surface area contributed by atoms with Gasteiger partial charge in [0.2, 0.25) is 0 Å². The van der Waals surface area contributed by atoms with Gasteiger partial charge in [-0.15, -0.1) is 0 Å². The first-order chi connectivity index (χ1) is 14.4. The fourth-order valence-corrected chi connectivity index (χ4v) is 3.10. The molecule has 0 aliphatic rings. The van der Waals surface area contributed by atoms with Crippen LogP contribution in [0, 0.1) is 5.82 Å². The van der Waals surface area contributed by atoms with Crippen molar-refractivity contribution in [2.75, 3.05) is 6.61 Å². The highest BCUT2D eigenvalue weighted by atomic mass is 19.1. The van der Waals surface area contributed by atoms with Crippen LogP contribution in [0.2, 0.25) is 0 Å². The van der Waals surface area contributed by atoms with Crippen LogP contribution in [0.15, 0.2) is 48.5 Å².